The summed E-state index contributed by atoms with van der Waals surface area (Å²) in [5.41, 5.74) is 8.51. The number of amides is 2. The number of nitrogens with zero attached hydrogens (tertiary/aromatic N) is 4. The Bertz CT molecular complexity index is 1530. The van der Waals surface area contributed by atoms with E-state index in [9.17, 15) is 19.1 Å². The number of halogens is 2. The molecule has 0 saturated heterocycles. The molecule has 13 heteroatoms. The van der Waals surface area contributed by atoms with Crippen LogP contribution in [0.4, 0.5) is 10.3 Å². The molecule has 0 unspecified atom stereocenters. The van der Waals surface area contributed by atoms with Crippen LogP contribution in [-0.2, 0) is 11.3 Å². The molecule has 2 heterocycles. The van der Waals surface area contributed by atoms with Crippen LogP contribution < -0.4 is 21.1 Å². The fourth-order valence-corrected chi connectivity index (χ4v) is 4.57. The van der Waals surface area contributed by atoms with Crippen LogP contribution in [-0.4, -0.2) is 64.8 Å². The Labute approximate surface area is 240 Å². The lowest BCUT2D eigenvalue weighted by molar-refractivity contribution is -0.126. The second kappa shape index (κ2) is 12.7. The maximum absolute atomic E-state index is 14.0. The van der Waals surface area contributed by atoms with E-state index in [1.54, 1.807) is 32.2 Å². The molecule has 0 fully saturated rings. The van der Waals surface area contributed by atoms with Gasteiger partial charge in [-0.2, -0.15) is 0 Å². The van der Waals surface area contributed by atoms with E-state index in [0.29, 0.717) is 28.1 Å². The summed E-state index contributed by atoms with van der Waals surface area (Å²) in [6.07, 6.45) is 4.26. The topological polar surface area (TPSA) is 155 Å². The van der Waals surface area contributed by atoms with E-state index in [2.05, 4.69) is 25.6 Å². The molecule has 0 spiro atoms. The number of aliphatic imine (C=N–C) groups is 1. The van der Waals surface area contributed by atoms with Gasteiger partial charge in [0.15, 0.2) is 0 Å². The minimum atomic E-state index is -0.901. The normalized spacial score (nSPS) is 14.6. The predicted molar refractivity (Wildman–Crippen MR) is 153 cm³/mol. The molecule has 2 amide bonds. The molecule has 0 bridgehead atoms. The molecule has 0 radical (unpaired) electrons. The van der Waals surface area contributed by atoms with Crippen LogP contribution in [0.1, 0.15) is 34.5 Å². The molecule has 41 heavy (non-hydrogen) atoms. The van der Waals surface area contributed by atoms with Crippen LogP contribution in [0.15, 0.2) is 59.5 Å². The van der Waals surface area contributed by atoms with Gasteiger partial charge in [-0.25, -0.2) is 14.4 Å². The van der Waals surface area contributed by atoms with Crippen molar-refractivity contribution < 1.29 is 23.8 Å². The van der Waals surface area contributed by atoms with Crippen molar-refractivity contribution in [2.24, 2.45) is 10.7 Å². The van der Waals surface area contributed by atoms with Crippen LogP contribution in [0, 0.1) is 5.82 Å². The molecule has 1 aliphatic heterocycles. The van der Waals surface area contributed by atoms with Gasteiger partial charge in [0.2, 0.25) is 11.9 Å². The number of aromatic nitrogens is 2. The zero-order chi connectivity index (χ0) is 29.7. The van der Waals surface area contributed by atoms with Crippen LogP contribution in [0.3, 0.4) is 0 Å². The summed E-state index contributed by atoms with van der Waals surface area (Å²) >= 11 is 6.39. The monoisotopic (exact) mass is 581 g/mol. The summed E-state index contributed by atoms with van der Waals surface area (Å²) in [5.74, 6) is -0.955. The van der Waals surface area contributed by atoms with Gasteiger partial charge in [0.25, 0.3) is 5.91 Å². The highest BCUT2D eigenvalue weighted by atomic mass is 35.5. The summed E-state index contributed by atoms with van der Waals surface area (Å²) in [6, 6.07) is 7.37. The maximum Gasteiger partial charge on any atom is 0.255 e. The third-order valence-corrected chi connectivity index (χ3v) is 6.82. The maximum atomic E-state index is 14.0. The van der Waals surface area contributed by atoms with E-state index in [-0.39, 0.29) is 29.2 Å². The first kappa shape index (κ1) is 29.4. The van der Waals surface area contributed by atoms with Crippen molar-refractivity contribution in [2.75, 3.05) is 26.1 Å². The number of benzene rings is 2. The molecule has 2 aromatic carbocycles. The summed E-state index contributed by atoms with van der Waals surface area (Å²) in [6.45, 7) is 1.31. The number of nitrogens with two attached hydrogens (primary N) is 1. The smallest absolute Gasteiger partial charge is 0.255 e. The molecule has 1 aliphatic rings. The quantitative estimate of drug-likeness (QED) is 0.266. The van der Waals surface area contributed by atoms with E-state index in [1.807, 2.05) is 0 Å². The van der Waals surface area contributed by atoms with Crippen molar-refractivity contribution in [3.8, 4) is 17.0 Å². The zero-order valence-electron chi connectivity index (χ0n) is 22.6. The second-order valence-electron chi connectivity index (χ2n) is 9.17. The lowest BCUT2D eigenvalue weighted by Gasteiger charge is -2.26. The van der Waals surface area contributed by atoms with Crippen LogP contribution >= 0.6 is 11.6 Å². The van der Waals surface area contributed by atoms with Crippen molar-refractivity contribution >= 4 is 35.6 Å². The van der Waals surface area contributed by atoms with Crippen molar-refractivity contribution in [2.45, 2.75) is 25.6 Å². The van der Waals surface area contributed by atoms with E-state index in [1.165, 1.54) is 48.8 Å². The molecule has 214 valence electrons. The largest absolute Gasteiger partial charge is 0.497 e. The van der Waals surface area contributed by atoms with E-state index in [4.69, 9.17) is 22.1 Å². The molecule has 3 aromatic rings. The predicted octanol–water partition coefficient (Wildman–Crippen LogP) is 3.05. The minimum absolute atomic E-state index is 0.200. The van der Waals surface area contributed by atoms with Gasteiger partial charge in [0, 0.05) is 43.2 Å². The van der Waals surface area contributed by atoms with Crippen molar-refractivity contribution in [3.63, 3.8) is 0 Å². The number of hydrogen-bond acceptors (Lipinski definition) is 9. The Morgan fingerprint density at radius 2 is 2.12 bits per heavy atom. The first-order valence-corrected chi connectivity index (χ1v) is 12.9. The van der Waals surface area contributed by atoms with Gasteiger partial charge in [-0.3, -0.25) is 14.6 Å². The molecule has 11 nitrogen and oxygen atoms in total. The number of rotatable bonds is 10. The molecule has 0 aliphatic carbocycles. The highest BCUT2D eigenvalue weighted by Crippen LogP contribution is 2.32. The number of carbonyl (C=O) groups is 2. The average Bonchev–Trinajstić information content (AvgIpc) is 3.30. The Morgan fingerprint density at radius 3 is 2.80 bits per heavy atom. The Morgan fingerprint density at radius 1 is 1.34 bits per heavy atom. The SMILES string of the molecule is CN=CC(=CN)Nc1ncc(Cl)c(-c2ccc3c(c2)C(=O)N([C@H](C)C(=O)N[C@H](CO)c2cc(F)cc(OC)c2)C3)n1. The highest BCUT2D eigenvalue weighted by Gasteiger charge is 2.35. The van der Waals surface area contributed by atoms with Crippen LogP contribution in [0.25, 0.3) is 11.3 Å². The standard InChI is InChI=1S/C28H29ClFN7O4/c1-15(26(39)35-24(14-38)18-6-19(30)9-21(7-18)41-3)37-13-17-5-4-16(8-22(17)27(37)40)25-23(29)12-33-28(36-25)34-20(10-31)11-32-2/h4-12,15,24,38H,13-14,31H2,1-3H3,(H,35,39)(H,33,34,36)/t15-,24-/m1/s1. The van der Waals surface area contributed by atoms with E-state index < -0.39 is 30.4 Å². The number of anilines is 1. The number of aliphatic hydroxyl groups is 1. The van der Waals surface area contributed by atoms with Crippen molar-refractivity contribution in [1.82, 2.24) is 20.2 Å². The van der Waals surface area contributed by atoms with Crippen LogP contribution in [0.5, 0.6) is 5.75 Å². The molecule has 4 rings (SSSR count). The number of nitrogens with one attached hydrogen (secondary N) is 2. The Balaban J connectivity index is 1.53. The molecule has 5 N–H and O–H groups in total. The fourth-order valence-electron chi connectivity index (χ4n) is 4.37. The first-order valence-electron chi connectivity index (χ1n) is 12.5. The lowest BCUT2D eigenvalue weighted by atomic mass is 10.0. The molecular weight excluding hydrogens is 553 g/mol. The van der Waals surface area contributed by atoms with Crippen molar-refractivity contribution in [3.05, 3.63) is 82.0 Å². The number of ether oxygens (including phenoxy) is 1. The summed E-state index contributed by atoms with van der Waals surface area (Å²) in [5, 5.41) is 15.8. The number of aliphatic hydroxyl groups excluding tert-OH is 1. The summed E-state index contributed by atoms with van der Waals surface area (Å²) in [7, 11) is 2.99. The average molecular weight is 582 g/mol. The lowest BCUT2D eigenvalue weighted by Crippen LogP contribution is -2.46. The van der Waals surface area contributed by atoms with Gasteiger partial charge < -0.3 is 31.1 Å². The minimum Gasteiger partial charge on any atom is -0.497 e. The number of allylic oxidation sites excluding steroid dienone is 1. The fraction of sp³-hybridized carbons (Fsp3) is 0.250. The Kier molecular flexibility index (Phi) is 9.15. The molecule has 2 atom stereocenters. The molecular formula is C28H29ClFN7O4. The number of hydrogen-bond donors (Lipinski definition) is 4. The third-order valence-electron chi connectivity index (χ3n) is 6.54. The summed E-state index contributed by atoms with van der Waals surface area (Å²) < 4.78 is 19.1. The zero-order valence-corrected chi connectivity index (χ0v) is 23.3. The first-order chi connectivity index (χ1) is 19.7. The van der Waals surface area contributed by atoms with Gasteiger partial charge in [0.1, 0.15) is 17.6 Å². The third kappa shape index (κ3) is 6.44. The highest BCUT2D eigenvalue weighted by molar-refractivity contribution is 6.33. The van der Waals surface area contributed by atoms with E-state index >= 15 is 0 Å². The molecule has 0 saturated carbocycles. The number of fused-ring (bicyclic) bond motifs is 1. The van der Waals surface area contributed by atoms with Gasteiger partial charge in [-0.15, -0.1) is 0 Å². The Hall–Kier alpha value is -4.55. The van der Waals surface area contributed by atoms with Gasteiger partial charge in [-0.05, 0) is 36.2 Å². The van der Waals surface area contributed by atoms with Gasteiger partial charge in [0.05, 0.1) is 42.4 Å². The van der Waals surface area contributed by atoms with Gasteiger partial charge in [-0.1, -0.05) is 23.7 Å². The van der Waals surface area contributed by atoms with Crippen LogP contribution in [0.2, 0.25) is 5.02 Å². The summed E-state index contributed by atoms with van der Waals surface area (Å²) in [4.78, 5) is 40.5. The van der Waals surface area contributed by atoms with Crippen molar-refractivity contribution in [1.29, 1.82) is 0 Å². The number of methoxy groups -OCH3 is 1. The van der Waals surface area contributed by atoms with E-state index in [0.717, 1.165) is 5.56 Å². The molecule has 1 aromatic heterocycles. The number of carbonyl (C=O) groups excluding carboxylic acids is 2. The second-order valence-corrected chi connectivity index (χ2v) is 9.58. The van der Waals surface area contributed by atoms with Gasteiger partial charge >= 0.3 is 0 Å².